The van der Waals surface area contributed by atoms with Crippen LogP contribution in [0.15, 0.2) is 18.3 Å². The standard InChI is InChI=1S/C20H29N7O/c1-3-4-17(14(2)28)18(20-23-25-26-24-20)11-15-5-6-19(22-12-15)16-7-9-27(13-21)10-8-16/h5-6,12-13,16-18,21H,3-4,7-11H2,1-2H3,(H,23,24,25,26)/t17-,18+/m1/s1. The van der Waals surface area contributed by atoms with Gasteiger partial charge in [-0.1, -0.05) is 19.4 Å². The number of hydrogen-bond donors (Lipinski definition) is 2. The van der Waals surface area contributed by atoms with Gasteiger partial charge in [0, 0.05) is 42.7 Å². The fourth-order valence-corrected chi connectivity index (χ4v) is 4.13. The third kappa shape index (κ3) is 4.79. The monoisotopic (exact) mass is 383 g/mol. The Morgan fingerprint density at radius 3 is 2.71 bits per heavy atom. The minimum atomic E-state index is -0.107. The van der Waals surface area contributed by atoms with E-state index in [0.29, 0.717) is 18.2 Å². The zero-order valence-corrected chi connectivity index (χ0v) is 16.6. The molecule has 2 aromatic rings. The predicted octanol–water partition coefficient (Wildman–Crippen LogP) is 2.71. The zero-order chi connectivity index (χ0) is 19.9. The lowest BCUT2D eigenvalue weighted by atomic mass is 9.81. The van der Waals surface area contributed by atoms with E-state index in [-0.39, 0.29) is 17.6 Å². The number of H-pyrrole nitrogens is 1. The molecule has 8 nitrogen and oxygen atoms in total. The van der Waals surface area contributed by atoms with Gasteiger partial charge in [-0.25, -0.2) is 5.10 Å². The topological polar surface area (TPSA) is 112 Å². The summed E-state index contributed by atoms with van der Waals surface area (Å²) in [6.07, 6.45) is 7.84. The van der Waals surface area contributed by atoms with Crippen LogP contribution in [0.2, 0.25) is 0 Å². The van der Waals surface area contributed by atoms with Gasteiger partial charge in [0.15, 0.2) is 5.82 Å². The SMILES string of the molecule is CCC[C@H](C(C)=O)[C@H](Cc1ccc(C2CCN(C=N)CC2)nc1)c1nnn[nH]1. The lowest BCUT2D eigenvalue weighted by molar-refractivity contribution is -0.121. The smallest absolute Gasteiger partial charge is 0.152 e. The van der Waals surface area contributed by atoms with E-state index in [9.17, 15) is 4.79 Å². The number of nitrogens with one attached hydrogen (secondary N) is 2. The number of aromatic amines is 1. The molecule has 0 saturated carbocycles. The molecular weight excluding hydrogens is 354 g/mol. The van der Waals surface area contributed by atoms with Crippen molar-refractivity contribution in [3.8, 4) is 0 Å². The molecule has 3 rings (SSSR count). The highest BCUT2D eigenvalue weighted by Gasteiger charge is 2.29. The quantitative estimate of drug-likeness (QED) is 0.509. The van der Waals surface area contributed by atoms with E-state index in [0.717, 1.165) is 50.0 Å². The van der Waals surface area contributed by atoms with Crippen LogP contribution in [0.25, 0.3) is 0 Å². The molecule has 3 heterocycles. The van der Waals surface area contributed by atoms with Crippen molar-refractivity contribution in [2.45, 2.75) is 57.8 Å². The summed E-state index contributed by atoms with van der Waals surface area (Å²) < 4.78 is 0. The lowest BCUT2D eigenvalue weighted by Gasteiger charge is -2.29. The second kappa shape index (κ2) is 9.52. The van der Waals surface area contributed by atoms with Gasteiger partial charge in [-0.3, -0.25) is 15.2 Å². The van der Waals surface area contributed by atoms with Crippen LogP contribution in [0.3, 0.4) is 0 Å². The number of piperidine rings is 1. The van der Waals surface area contributed by atoms with Gasteiger partial charge in [-0.05, 0) is 54.7 Å². The number of rotatable bonds is 9. The van der Waals surface area contributed by atoms with Crippen molar-refractivity contribution in [2.24, 2.45) is 5.92 Å². The molecule has 1 aliphatic heterocycles. The van der Waals surface area contributed by atoms with Gasteiger partial charge in [0.05, 0.1) is 6.34 Å². The fraction of sp³-hybridized carbons (Fsp3) is 0.600. The molecule has 2 N–H and O–H groups in total. The van der Waals surface area contributed by atoms with E-state index < -0.39 is 0 Å². The van der Waals surface area contributed by atoms with E-state index in [2.05, 4.69) is 39.7 Å². The molecular formula is C20H29N7O. The summed E-state index contributed by atoms with van der Waals surface area (Å²) in [5.74, 6) is 1.10. The third-order valence-electron chi connectivity index (χ3n) is 5.75. The van der Waals surface area contributed by atoms with Crippen molar-refractivity contribution in [1.29, 1.82) is 5.41 Å². The van der Waals surface area contributed by atoms with Crippen molar-refractivity contribution in [1.82, 2.24) is 30.5 Å². The molecule has 0 aliphatic carbocycles. The maximum atomic E-state index is 12.3. The molecule has 1 fully saturated rings. The number of pyridine rings is 1. The molecule has 150 valence electrons. The highest BCUT2D eigenvalue weighted by molar-refractivity contribution is 5.79. The normalized spacial score (nSPS) is 17.3. The first-order chi connectivity index (χ1) is 13.6. The van der Waals surface area contributed by atoms with Gasteiger partial charge in [0.2, 0.25) is 0 Å². The second-order valence-corrected chi connectivity index (χ2v) is 7.63. The van der Waals surface area contributed by atoms with E-state index in [1.165, 1.54) is 6.34 Å². The molecule has 0 aromatic carbocycles. The first-order valence-electron chi connectivity index (χ1n) is 10.1. The summed E-state index contributed by atoms with van der Waals surface area (Å²) in [5, 5.41) is 21.7. The summed E-state index contributed by atoms with van der Waals surface area (Å²) in [4.78, 5) is 19.0. The Bertz CT molecular complexity index is 751. The van der Waals surface area contributed by atoms with Crippen LogP contribution in [0.1, 0.15) is 68.4 Å². The Morgan fingerprint density at radius 2 is 2.18 bits per heavy atom. The fourth-order valence-electron chi connectivity index (χ4n) is 4.13. The number of aromatic nitrogens is 5. The predicted molar refractivity (Wildman–Crippen MR) is 106 cm³/mol. The average molecular weight is 384 g/mol. The molecule has 0 spiro atoms. The van der Waals surface area contributed by atoms with Crippen LogP contribution in [-0.2, 0) is 11.2 Å². The Morgan fingerprint density at radius 1 is 1.39 bits per heavy atom. The molecule has 8 heteroatoms. The van der Waals surface area contributed by atoms with E-state index in [4.69, 9.17) is 10.4 Å². The molecule has 0 bridgehead atoms. The van der Waals surface area contributed by atoms with E-state index in [1.807, 2.05) is 11.1 Å². The van der Waals surface area contributed by atoms with Gasteiger partial charge in [0.25, 0.3) is 0 Å². The number of nitrogens with zero attached hydrogens (tertiary/aromatic N) is 5. The molecule has 2 atom stereocenters. The van der Waals surface area contributed by atoms with Crippen LogP contribution >= 0.6 is 0 Å². The van der Waals surface area contributed by atoms with Crippen LogP contribution in [0.5, 0.6) is 0 Å². The highest BCUT2D eigenvalue weighted by atomic mass is 16.1. The van der Waals surface area contributed by atoms with E-state index >= 15 is 0 Å². The lowest BCUT2D eigenvalue weighted by Crippen LogP contribution is -2.31. The van der Waals surface area contributed by atoms with E-state index in [1.54, 1.807) is 6.92 Å². The first-order valence-corrected chi connectivity index (χ1v) is 10.1. The summed E-state index contributed by atoms with van der Waals surface area (Å²) >= 11 is 0. The third-order valence-corrected chi connectivity index (χ3v) is 5.75. The van der Waals surface area contributed by atoms with Crippen LogP contribution in [-0.4, -0.2) is 55.7 Å². The molecule has 0 radical (unpaired) electrons. The molecule has 0 amide bonds. The highest BCUT2D eigenvalue weighted by Crippen LogP contribution is 2.31. The van der Waals surface area contributed by atoms with Gasteiger partial charge >= 0.3 is 0 Å². The van der Waals surface area contributed by atoms with Gasteiger partial charge < -0.3 is 4.90 Å². The maximum Gasteiger partial charge on any atom is 0.152 e. The molecule has 28 heavy (non-hydrogen) atoms. The Labute approximate surface area is 165 Å². The first kappa shape index (κ1) is 20.1. The molecule has 0 unspecified atom stereocenters. The number of hydrogen-bond acceptors (Lipinski definition) is 6. The molecule has 1 saturated heterocycles. The van der Waals surface area contributed by atoms with Gasteiger partial charge in [-0.15, -0.1) is 5.10 Å². The van der Waals surface area contributed by atoms with Crippen LogP contribution in [0.4, 0.5) is 0 Å². The Hall–Kier alpha value is -2.64. The number of carbonyl (C=O) groups excluding carboxylic acids is 1. The van der Waals surface area contributed by atoms with Gasteiger partial charge in [0.1, 0.15) is 5.78 Å². The summed E-state index contributed by atoms with van der Waals surface area (Å²) in [6, 6.07) is 4.23. The van der Waals surface area contributed by atoms with Gasteiger partial charge in [-0.2, -0.15) is 0 Å². The Kier molecular flexibility index (Phi) is 6.84. The number of tetrazole rings is 1. The zero-order valence-electron chi connectivity index (χ0n) is 16.6. The van der Waals surface area contributed by atoms with Crippen LogP contribution < -0.4 is 0 Å². The number of ketones is 1. The number of likely N-dealkylation sites (tertiary alicyclic amines) is 1. The van der Waals surface area contributed by atoms with Crippen molar-refractivity contribution in [2.75, 3.05) is 13.1 Å². The van der Waals surface area contributed by atoms with Crippen molar-refractivity contribution in [3.63, 3.8) is 0 Å². The number of carbonyl (C=O) groups is 1. The molecule has 2 aromatic heterocycles. The largest absolute Gasteiger partial charge is 0.363 e. The maximum absolute atomic E-state index is 12.3. The van der Waals surface area contributed by atoms with Crippen molar-refractivity contribution >= 4 is 12.1 Å². The molecule has 1 aliphatic rings. The average Bonchev–Trinajstić information content (AvgIpc) is 3.25. The second-order valence-electron chi connectivity index (χ2n) is 7.63. The minimum absolute atomic E-state index is 0.0732. The van der Waals surface area contributed by atoms with Crippen molar-refractivity contribution < 1.29 is 4.79 Å². The summed E-state index contributed by atoms with van der Waals surface area (Å²) in [5.41, 5.74) is 2.20. The summed E-state index contributed by atoms with van der Waals surface area (Å²) in [6.45, 7) is 5.57. The summed E-state index contributed by atoms with van der Waals surface area (Å²) in [7, 11) is 0. The number of Topliss-reactive ketones (excluding diaryl/α,β-unsaturated/α-hetero) is 1. The minimum Gasteiger partial charge on any atom is -0.363 e. The van der Waals surface area contributed by atoms with Crippen LogP contribution in [0, 0.1) is 11.3 Å². The Balaban J connectivity index is 1.72. The van der Waals surface area contributed by atoms with Crippen molar-refractivity contribution in [3.05, 3.63) is 35.4 Å².